The van der Waals surface area contributed by atoms with Crippen LogP contribution in [-0.4, -0.2) is 41.0 Å². The number of hydrogen-bond donors (Lipinski definition) is 4. The van der Waals surface area contributed by atoms with Crippen molar-refractivity contribution in [2.45, 2.75) is 38.4 Å². The summed E-state index contributed by atoms with van der Waals surface area (Å²) in [5, 5.41) is 13.9. The average Bonchev–Trinajstić information content (AvgIpc) is 2.46. The van der Waals surface area contributed by atoms with Gasteiger partial charge in [-0.05, 0) is 31.5 Å². The third-order valence-electron chi connectivity index (χ3n) is 3.11. The number of halogens is 1. The van der Waals surface area contributed by atoms with Crippen molar-refractivity contribution in [3.05, 3.63) is 35.6 Å². The molecule has 23 heavy (non-hydrogen) atoms. The van der Waals surface area contributed by atoms with E-state index in [0.717, 1.165) is 0 Å². The van der Waals surface area contributed by atoms with Crippen molar-refractivity contribution in [3.63, 3.8) is 0 Å². The molecule has 0 saturated heterocycles. The van der Waals surface area contributed by atoms with Crippen molar-refractivity contribution in [1.29, 1.82) is 0 Å². The maximum atomic E-state index is 13.1. The molecule has 0 radical (unpaired) electrons. The minimum absolute atomic E-state index is 0.0766. The molecule has 0 fully saturated rings. The van der Waals surface area contributed by atoms with E-state index in [-0.39, 0.29) is 6.42 Å². The molecule has 126 valence electrons. The first-order valence-electron chi connectivity index (χ1n) is 7.04. The lowest BCUT2D eigenvalue weighted by Gasteiger charge is -2.19. The van der Waals surface area contributed by atoms with Crippen LogP contribution in [-0.2, 0) is 20.8 Å². The first-order chi connectivity index (χ1) is 10.7. The molecule has 0 bridgehead atoms. The Labute approximate surface area is 133 Å². The predicted octanol–water partition coefficient (Wildman–Crippen LogP) is -0.210. The molecular weight excluding hydrogens is 305 g/mol. The summed E-state index contributed by atoms with van der Waals surface area (Å²) >= 11 is 0. The smallest absolute Gasteiger partial charge is 0.326 e. The molecule has 0 aliphatic carbocycles. The van der Waals surface area contributed by atoms with E-state index in [1.807, 2.05) is 0 Å². The maximum absolute atomic E-state index is 13.1. The molecule has 0 aliphatic heterocycles. The second-order valence-corrected chi connectivity index (χ2v) is 5.25. The molecule has 8 heteroatoms. The van der Waals surface area contributed by atoms with Gasteiger partial charge in [0.25, 0.3) is 0 Å². The van der Waals surface area contributed by atoms with Gasteiger partial charge >= 0.3 is 5.97 Å². The van der Waals surface area contributed by atoms with E-state index in [2.05, 4.69) is 10.6 Å². The zero-order valence-electron chi connectivity index (χ0n) is 12.9. The molecule has 2 amide bonds. The lowest BCUT2D eigenvalue weighted by Crippen LogP contribution is -2.53. The van der Waals surface area contributed by atoms with Crippen LogP contribution in [0.15, 0.2) is 24.3 Å². The van der Waals surface area contributed by atoms with Crippen molar-refractivity contribution in [3.8, 4) is 0 Å². The maximum Gasteiger partial charge on any atom is 0.326 e. The summed E-state index contributed by atoms with van der Waals surface area (Å²) in [5.74, 6) is -2.93. The standard InChI is InChI=1S/C15H20FN3O4/c1-8(17)13(20)18-9(2)14(21)19-12(15(22)23)7-10-4-3-5-11(16)6-10/h3-6,8-9,12H,7,17H2,1-2H3,(H,18,20)(H,19,21)(H,22,23)/t8-,9-,12-/m0/s1. The lowest BCUT2D eigenvalue weighted by atomic mass is 10.1. The summed E-state index contributed by atoms with van der Waals surface area (Å²) < 4.78 is 13.1. The minimum Gasteiger partial charge on any atom is -0.480 e. The first-order valence-corrected chi connectivity index (χ1v) is 7.04. The SMILES string of the molecule is C[C@H](N)C(=O)N[C@@H](C)C(=O)N[C@@H](Cc1cccc(F)c1)C(=O)O. The van der Waals surface area contributed by atoms with Crippen LogP contribution < -0.4 is 16.4 Å². The van der Waals surface area contributed by atoms with E-state index < -0.39 is 41.7 Å². The summed E-state index contributed by atoms with van der Waals surface area (Å²) in [6.07, 6.45) is -0.0766. The molecule has 0 spiro atoms. The van der Waals surface area contributed by atoms with Gasteiger partial charge in [-0.25, -0.2) is 9.18 Å². The predicted molar refractivity (Wildman–Crippen MR) is 80.9 cm³/mol. The van der Waals surface area contributed by atoms with Crippen molar-refractivity contribution in [2.75, 3.05) is 0 Å². The number of nitrogens with two attached hydrogens (primary N) is 1. The third kappa shape index (κ3) is 6.03. The monoisotopic (exact) mass is 325 g/mol. The second kappa shape index (κ2) is 8.23. The third-order valence-corrected chi connectivity index (χ3v) is 3.11. The quantitative estimate of drug-likeness (QED) is 0.553. The molecule has 0 aliphatic rings. The molecule has 0 saturated carbocycles. The van der Waals surface area contributed by atoms with E-state index in [1.165, 1.54) is 32.0 Å². The summed E-state index contributed by atoms with van der Waals surface area (Å²) in [7, 11) is 0. The average molecular weight is 325 g/mol. The molecule has 7 nitrogen and oxygen atoms in total. The summed E-state index contributed by atoms with van der Waals surface area (Å²) in [6.45, 7) is 2.88. The van der Waals surface area contributed by atoms with Gasteiger partial charge < -0.3 is 21.5 Å². The topological polar surface area (TPSA) is 122 Å². The van der Waals surface area contributed by atoms with Crippen molar-refractivity contribution in [1.82, 2.24) is 10.6 Å². The number of carbonyl (C=O) groups excluding carboxylic acids is 2. The van der Waals surface area contributed by atoms with Crippen LogP contribution in [0.1, 0.15) is 19.4 Å². The van der Waals surface area contributed by atoms with Crippen LogP contribution in [0.4, 0.5) is 4.39 Å². The van der Waals surface area contributed by atoms with E-state index in [0.29, 0.717) is 5.56 Å². The van der Waals surface area contributed by atoms with E-state index in [4.69, 9.17) is 5.73 Å². The Balaban J connectivity index is 2.70. The fourth-order valence-electron chi connectivity index (χ4n) is 1.81. The lowest BCUT2D eigenvalue weighted by molar-refractivity contribution is -0.142. The van der Waals surface area contributed by atoms with E-state index in [1.54, 1.807) is 6.07 Å². The van der Waals surface area contributed by atoms with Crippen LogP contribution in [0.2, 0.25) is 0 Å². The number of rotatable bonds is 7. The van der Waals surface area contributed by atoms with Crippen molar-refractivity contribution >= 4 is 17.8 Å². The molecule has 1 rings (SSSR count). The molecule has 1 aromatic carbocycles. The Morgan fingerprint density at radius 2 is 1.87 bits per heavy atom. The zero-order chi connectivity index (χ0) is 17.6. The summed E-state index contributed by atoms with van der Waals surface area (Å²) in [4.78, 5) is 34.7. The molecule has 3 atom stereocenters. The molecular formula is C15H20FN3O4. The van der Waals surface area contributed by atoms with Gasteiger partial charge in [0.15, 0.2) is 0 Å². The van der Waals surface area contributed by atoms with Gasteiger partial charge in [0.1, 0.15) is 17.9 Å². The van der Waals surface area contributed by atoms with Gasteiger partial charge in [-0.15, -0.1) is 0 Å². The van der Waals surface area contributed by atoms with Crippen LogP contribution in [0.3, 0.4) is 0 Å². The number of nitrogens with one attached hydrogen (secondary N) is 2. The highest BCUT2D eigenvalue weighted by Crippen LogP contribution is 2.07. The highest BCUT2D eigenvalue weighted by Gasteiger charge is 2.24. The number of hydrogen-bond acceptors (Lipinski definition) is 4. The van der Waals surface area contributed by atoms with Gasteiger partial charge in [0.2, 0.25) is 11.8 Å². The molecule has 1 aromatic rings. The fraction of sp³-hybridized carbons (Fsp3) is 0.400. The summed E-state index contributed by atoms with van der Waals surface area (Å²) in [6, 6.07) is 2.49. The molecule has 0 heterocycles. The molecule has 5 N–H and O–H groups in total. The Kier molecular flexibility index (Phi) is 6.65. The van der Waals surface area contributed by atoms with Crippen LogP contribution in [0.5, 0.6) is 0 Å². The minimum atomic E-state index is -1.26. The van der Waals surface area contributed by atoms with Crippen LogP contribution in [0, 0.1) is 5.82 Å². The van der Waals surface area contributed by atoms with Crippen LogP contribution >= 0.6 is 0 Å². The number of benzene rings is 1. The van der Waals surface area contributed by atoms with Crippen molar-refractivity contribution in [2.24, 2.45) is 5.73 Å². The van der Waals surface area contributed by atoms with Gasteiger partial charge in [-0.1, -0.05) is 12.1 Å². The highest BCUT2D eigenvalue weighted by atomic mass is 19.1. The molecule has 0 unspecified atom stereocenters. The normalized spacial score (nSPS) is 14.4. The first kappa shape index (κ1) is 18.6. The number of aliphatic carboxylic acids is 1. The van der Waals surface area contributed by atoms with Gasteiger partial charge in [0, 0.05) is 6.42 Å². The Bertz CT molecular complexity index is 592. The Morgan fingerprint density at radius 3 is 2.39 bits per heavy atom. The Hall–Kier alpha value is -2.48. The van der Waals surface area contributed by atoms with Gasteiger partial charge in [-0.2, -0.15) is 0 Å². The van der Waals surface area contributed by atoms with Crippen LogP contribution in [0.25, 0.3) is 0 Å². The second-order valence-electron chi connectivity index (χ2n) is 5.25. The number of carboxylic acids is 1. The number of carbonyl (C=O) groups is 3. The largest absolute Gasteiger partial charge is 0.480 e. The summed E-state index contributed by atoms with van der Waals surface area (Å²) in [5.41, 5.74) is 5.81. The van der Waals surface area contributed by atoms with Gasteiger partial charge in [0.05, 0.1) is 6.04 Å². The molecule has 0 aromatic heterocycles. The fourth-order valence-corrected chi connectivity index (χ4v) is 1.81. The van der Waals surface area contributed by atoms with E-state index >= 15 is 0 Å². The highest BCUT2D eigenvalue weighted by molar-refractivity contribution is 5.91. The van der Waals surface area contributed by atoms with Gasteiger partial charge in [-0.3, -0.25) is 9.59 Å². The van der Waals surface area contributed by atoms with Crippen molar-refractivity contribution < 1.29 is 23.9 Å². The number of amides is 2. The van der Waals surface area contributed by atoms with E-state index in [9.17, 15) is 23.9 Å². The zero-order valence-corrected chi connectivity index (χ0v) is 12.9. The Morgan fingerprint density at radius 1 is 1.22 bits per heavy atom. The number of carboxylic acid groups (broad SMARTS) is 1.